The number of nitrogens with one attached hydrogen (secondary N) is 1. The minimum atomic E-state index is -0.193. The van der Waals surface area contributed by atoms with Crippen molar-refractivity contribution in [2.45, 2.75) is 5.16 Å². The smallest absolute Gasteiger partial charge is 0.234 e. The molecule has 9 heteroatoms. The van der Waals surface area contributed by atoms with E-state index in [2.05, 4.69) is 15.5 Å². The highest BCUT2D eigenvalue weighted by Gasteiger charge is 2.15. The Morgan fingerprint density at radius 2 is 1.75 bits per heavy atom. The van der Waals surface area contributed by atoms with Gasteiger partial charge in [0.25, 0.3) is 0 Å². The van der Waals surface area contributed by atoms with E-state index in [1.807, 2.05) is 34.9 Å². The molecule has 3 aromatic rings. The van der Waals surface area contributed by atoms with Crippen LogP contribution in [0.2, 0.25) is 0 Å². The van der Waals surface area contributed by atoms with Gasteiger partial charge in [0.2, 0.25) is 11.7 Å². The van der Waals surface area contributed by atoms with Crippen molar-refractivity contribution in [1.29, 1.82) is 0 Å². The van der Waals surface area contributed by atoms with Crippen LogP contribution in [0.1, 0.15) is 0 Å². The third-order valence-corrected chi connectivity index (χ3v) is 4.77. The van der Waals surface area contributed by atoms with Crippen LogP contribution >= 0.6 is 11.8 Å². The highest BCUT2D eigenvalue weighted by molar-refractivity contribution is 7.99. The molecule has 0 aliphatic carbocycles. The zero-order chi connectivity index (χ0) is 19.9. The van der Waals surface area contributed by atoms with E-state index in [1.165, 1.54) is 33.1 Å². The van der Waals surface area contributed by atoms with E-state index in [4.69, 9.17) is 14.2 Å². The summed E-state index contributed by atoms with van der Waals surface area (Å²) in [5, 5.41) is 11.5. The lowest BCUT2D eigenvalue weighted by molar-refractivity contribution is -0.113. The number of ether oxygens (including phenoxy) is 3. The van der Waals surface area contributed by atoms with Gasteiger partial charge in [-0.2, -0.15) is 0 Å². The van der Waals surface area contributed by atoms with Gasteiger partial charge in [-0.1, -0.05) is 30.0 Å². The normalized spacial score (nSPS) is 10.4. The molecule has 28 heavy (non-hydrogen) atoms. The molecule has 8 nitrogen and oxygen atoms in total. The number of carbonyl (C=O) groups excluding carboxylic acids is 1. The number of para-hydroxylation sites is 1. The number of nitrogens with zero attached hydrogens (tertiary/aromatic N) is 3. The van der Waals surface area contributed by atoms with E-state index in [1.54, 1.807) is 18.5 Å². The van der Waals surface area contributed by atoms with E-state index in [9.17, 15) is 4.79 Å². The first-order valence-electron chi connectivity index (χ1n) is 8.34. The fraction of sp³-hybridized carbons (Fsp3) is 0.211. The Kier molecular flexibility index (Phi) is 6.38. The molecule has 1 aromatic heterocycles. The second kappa shape index (κ2) is 9.14. The van der Waals surface area contributed by atoms with Gasteiger partial charge in [-0.25, -0.2) is 0 Å². The SMILES string of the molecule is COc1cc(NC(=O)CSc2nncn2-c2ccccc2)cc(OC)c1OC. The van der Waals surface area contributed by atoms with Crippen LogP contribution in [-0.4, -0.2) is 47.8 Å². The van der Waals surface area contributed by atoms with Crippen molar-refractivity contribution in [3.05, 3.63) is 48.8 Å². The lowest BCUT2D eigenvalue weighted by Crippen LogP contribution is -2.15. The summed E-state index contributed by atoms with van der Waals surface area (Å²) in [5.74, 6) is 1.37. The number of hydrogen-bond acceptors (Lipinski definition) is 7. The summed E-state index contributed by atoms with van der Waals surface area (Å²) in [5.41, 5.74) is 1.48. The van der Waals surface area contributed by atoms with Gasteiger partial charge in [-0.3, -0.25) is 9.36 Å². The number of anilines is 1. The summed E-state index contributed by atoms with van der Waals surface area (Å²) in [6, 6.07) is 13.0. The largest absolute Gasteiger partial charge is 0.493 e. The summed E-state index contributed by atoms with van der Waals surface area (Å²) < 4.78 is 17.7. The molecular formula is C19H20N4O4S. The monoisotopic (exact) mass is 400 g/mol. The van der Waals surface area contributed by atoms with Crippen molar-refractivity contribution in [2.24, 2.45) is 0 Å². The Labute approximate surface area is 166 Å². The van der Waals surface area contributed by atoms with Gasteiger partial charge >= 0.3 is 0 Å². The average Bonchev–Trinajstić information content (AvgIpc) is 3.20. The fourth-order valence-corrected chi connectivity index (χ4v) is 3.30. The van der Waals surface area contributed by atoms with Gasteiger partial charge in [0.05, 0.1) is 27.1 Å². The van der Waals surface area contributed by atoms with Crippen LogP contribution in [0.4, 0.5) is 5.69 Å². The number of methoxy groups -OCH3 is 3. The van der Waals surface area contributed by atoms with E-state index in [-0.39, 0.29) is 11.7 Å². The molecule has 0 radical (unpaired) electrons. The van der Waals surface area contributed by atoms with Crippen LogP contribution in [0.25, 0.3) is 5.69 Å². The molecule has 0 saturated heterocycles. The molecule has 146 valence electrons. The maximum Gasteiger partial charge on any atom is 0.234 e. The maximum atomic E-state index is 12.4. The fourth-order valence-electron chi connectivity index (χ4n) is 2.57. The molecule has 0 unspecified atom stereocenters. The van der Waals surface area contributed by atoms with E-state index in [0.29, 0.717) is 28.1 Å². The van der Waals surface area contributed by atoms with Gasteiger partial charge in [0, 0.05) is 23.5 Å². The maximum absolute atomic E-state index is 12.4. The molecule has 1 amide bonds. The third-order valence-electron chi connectivity index (χ3n) is 3.83. The molecule has 1 heterocycles. The summed E-state index contributed by atoms with van der Waals surface area (Å²) >= 11 is 1.29. The Hall–Kier alpha value is -3.20. The number of carbonyl (C=O) groups is 1. The summed E-state index contributed by atoms with van der Waals surface area (Å²) in [4.78, 5) is 12.4. The highest BCUT2D eigenvalue weighted by atomic mass is 32.2. The van der Waals surface area contributed by atoms with Gasteiger partial charge in [0.1, 0.15) is 6.33 Å². The standard InChI is InChI=1S/C19H20N4O4S/c1-25-15-9-13(10-16(26-2)18(15)27-3)21-17(24)11-28-19-22-20-12-23(19)14-7-5-4-6-8-14/h4-10,12H,11H2,1-3H3,(H,21,24). The Bertz CT molecular complexity index is 921. The quantitative estimate of drug-likeness (QED) is 0.582. The van der Waals surface area contributed by atoms with Crippen LogP contribution in [0.3, 0.4) is 0 Å². The van der Waals surface area contributed by atoms with Crippen LogP contribution in [0.15, 0.2) is 53.9 Å². The first kappa shape index (κ1) is 19.6. The molecule has 0 bridgehead atoms. The summed E-state index contributed by atoms with van der Waals surface area (Å²) in [6.07, 6.45) is 1.62. The molecular weight excluding hydrogens is 380 g/mol. The summed E-state index contributed by atoms with van der Waals surface area (Å²) in [7, 11) is 4.57. The second-order valence-electron chi connectivity index (χ2n) is 5.57. The lowest BCUT2D eigenvalue weighted by atomic mass is 10.2. The van der Waals surface area contributed by atoms with E-state index >= 15 is 0 Å². The van der Waals surface area contributed by atoms with Gasteiger partial charge in [0.15, 0.2) is 16.7 Å². The lowest BCUT2D eigenvalue weighted by Gasteiger charge is -2.14. The molecule has 0 fully saturated rings. The number of thioether (sulfide) groups is 1. The zero-order valence-electron chi connectivity index (χ0n) is 15.7. The molecule has 0 atom stereocenters. The van der Waals surface area contributed by atoms with Gasteiger partial charge in [-0.05, 0) is 12.1 Å². The van der Waals surface area contributed by atoms with Crippen LogP contribution in [-0.2, 0) is 4.79 Å². The number of aromatic nitrogens is 3. The number of benzene rings is 2. The number of hydrogen-bond donors (Lipinski definition) is 1. The van der Waals surface area contributed by atoms with Crippen molar-refractivity contribution in [1.82, 2.24) is 14.8 Å². The highest BCUT2D eigenvalue weighted by Crippen LogP contribution is 2.40. The molecule has 1 N–H and O–H groups in total. The van der Waals surface area contributed by atoms with Crippen LogP contribution < -0.4 is 19.5 Å². The molecule has 0 spiro atoms. The van der Waals surface area contributed by atoms with Gasteiger partial charge < -0.3 is 19.5 Å². The third kappa shape index (κ3) is 4.37. The van der Waals surface area contributed by atoms with Gasteiger partial charge in [-0.15, -0.1) is 10.2 Å². The Balaban J connectivity index is 1.68. The van der Waals surface area contributed by atoms with Crippen molar-refractivity contribution < 1.29 is 19.0 Å². The first-order valence-corrected chi connectivity index (χ1v) is 9.33. The molecule has 0 aliphatic heterocycles. The molecule has 0 saturated carbocycles. The van der Waals surface area contributed by atoms with E-state index < -0.39 is 0 Å². The summed E-state index contributed by atoms with van der Waals surface area (Å²) in [6.45, 7) is 0. The van der Waals surface area contributed by atoms with E-state index in [0.717, 1.165) is 5.69 Å². The molecule has 0 aliphatic rings. The first-order chi connectivity index (χ1) is 13.7. The number of amides is 1. The molecule has 2 aromatic carbocycles. The average molecular weight is 400 g/mol. The van der Waals surface area contributed by atoms with Crippen molar-refractivity contribution >= 4 is 23.4 Å². The molecule has 3 rings (SSSR count). The van der Waals surface area contributed by atoms with Crippen LogP contribution in [0, 0.1) is 0 Å². The zero-order valence-corrected chi connectivity index (χ0v) is 16.5. The second-order valence-corrected chi connectivity index (χ2v) is 6.51. The topological polar surface area (TPSA) is 87.5 Å². The Morgan fingerprint density at radius 1 is 1.07 bits per heavy atom. The minimum absolute atomic E-state index is 0.169. The van der Waals surface area contributed by atoms with Crippen LogP contribution in [0.5, 0.6) is 17.2 Å². The number of rotatable bonds is 8. The van der Waals surface area contributed by atoms with Crippen molar-refractivity contribution in [3.8, 4) is 22.9 Å². The van der Waals surface area contributed by atoms with Crippen molar-refractivity contribution in [2.75, 3.05) is 32.4 Å². The minimum Gasteiger partial charge on any atom is -0.493 e. The van der Waals surface area contributed by atoms with Crippen molar-refractivity contribution in [3.63, 3.8) is 0 Å². The Morgan fingerprint density at radius 3 is 2.36 bits per heavy atom. The predicted octanol–water partition coefficient (Wildman–Crippen LogP) is 3.02. The predicted molar refractivity (Wildman–Crippen MR) is 107 cm³/mol.